The van der Waals surface area contributed by atoms with Gasteiger partial charge in [0.15, 0.2) is 5.82 Å². The Balaban J connectivity index is 1.62. The molecule has 1 amide bonds. The van der Waals surface area contributed by atoms with Crippen molar-refractivity contribution in [2.45, 2.75) is 32.7 Å². The number of amides is 1. The van der Waals surface area contributed by atoms with Crippen LogP contribution >= 0.6 is 0 Å². The van der Waals surface area contributed by atoms with Gasteiger partial charge in [0, 0.05) is 31.4 Å². The zero-order valence-electron chi connectivity index (χ0n) is 15.8. The molecular weight excluding hydrogens is 344 g/mol. The lowest BCUT2D eigenvalue weighted by atomic mass is 10.1. The first-order valence-corrected chi connectivity index (χ1v) is 9.41. The van der Waals surface area contributed by atoms with Crippen LogP contribution in [0.25, 0.3) is 0 Å². The van der Waals surface area contributed by atoms with E-state index in [0.29, 0.717) is 31.5 Å². The number of aromatic nitrogens is 3. The molecule has 1 aromatic carbocycles. The Morgan fingerprint density at radius 1 is 1.26 bits per heavy atom. The molecule has 0 aliphatic carbocycles. The van der Waals surface area contributed by atoms with Gasteiger partial charge in [-0.3, -0.25) is 0 Å². The molecule has 8 heteroatoms. The lowest BCUT2D eigenvalue weighted by molar-refractivity contribution is 0.0983. The van der Waals surface area contributed by atoms with E-state index in [4.69, 9.17) is 4.74 Å². The minimum Gasteiger partial charge on any atom is -0.450 e. The van der Waals surface area contributed by atoms with Gasteiger partial charge in [0.05, 0.1) is 12.8 Å². The average molecular weight is 370 g/mol. The summed E-state index contributed by atoms with van der Waals surface area (Å²) in [4.78, 5) is 20.2. The van der Waals surface area contributed by atoms with Crippen molar-refractivity contribution < 1.29 is 9.53 Å². The lowest BCUT2D eigenvalue weighted by Gasteiger charge is -2.31. The molecule has 0 atom stereocenters. The van der Waals surface area contributed by atoms with Crippen LogP contribution in [0.15, 0.2) is 36.5 Å². The van der Waals surface area contributed by atoms with Crippen molar-refractivity contribution in [3.05, 3.63) is 36.5 Å². The number of hydrogen-bond acceptors (Lipinski definition) is 7. The summed E-state index contributed by atoms with van der Waals surface area (Å²) < 4.78 is 5.06. The number of rotatable bonds is 6. The highest BCUT2D eigenvalue weighted by Gasteiger charge is 2.24. The van der Waals surface area contributed by atoms with E-state index in [1.165, 1.54) is 0 Å². The largest absolute Gasteiger partial charge is 0.450 e. The Morgan fingerprint density at radius 2 is 2.00 bits per heavy atom. The summed E-state index contributed by atoms with van der Waals surface area (Å²) in [5, 5.41) is 11.7. The van der Waals surface area contributed by atoms with Crippen LogP contribution < -0.4 is 10.2 Å². The van der Waals surface area contributed by atoms with Crippen LogP contribution in [0.2, 0.25) is 0 Å². The molecule has 1 aliphatic heterocycles. The van der Waals surface area contributed by atoms with Crippen molar-refractivity contribution >= 4 is 23.5 Å². The SMILES string of the molecule is CCOC(=O)N1CCC(Nc2cnnc(N(CC)c3ccccc3)n2)CC1. The van der Waals surface area contributed by atoms with Gasteiger partial charge in [0.2, 0.25) is 0 Å². The van der Waals surface area contributed by atoms with Crippen molar-refractivity contribution in [1.29, 1.82) is 0 Å². The van der Waals surface area contributed by atoms with Crippen LogP contribution in [-0.4, -0.2) is 58.5 Å². The van der Waals surface area contributed by atoms with Gasteiger partial charge in [-0.25, -0.2) is 4.79 Å². The van der Waals surface area contributed by atoms with E-state index in [2.05, 4.69) is 27.4 Å². The van der Waals surface area contributed by atoms with Crippen molar-refractivity contribution in [2.75, 3.05) is 36.5 Å². The van der Waals surface area contributed by atoms with E-state index in [1.54, 1.807) is 11.1 Å². The number of piperidine rings is 1. The number of nitrogens with zero attached hydrogens (tertiary/aromatic N) is 5. The van der Waals surface area contributed by atoms with E-state index in [9.17, 15) is 4.79 Å². The van der Waals surface area contributed by atoms with Crippen LogP contribution in [0.5, 0.6) is 0 Å². The predicted octanol–water partition coefficient (Wildman–Crippen LogP) is 3.06. The number of nitrogens with one attached hydrogen (secondary N) is 1. The van der Waals surface area contributed by atoms with Crippen molar-refractivity contribution in [3.63, 3.8) is 0 Å². The van der Waals surface area contributed by atoms with Gasteiger partial charge < -0.3 is 19.9 Å². The van der Waals surface area contributed by atoms with Crippen molar-refractivity contribution in [3.8, 4) is 0 Å². The maximum absolute atomic E-state index is 11.8. The summed E-state index contributed by atoms with van der Waals surface area (Å²) in [5.74, 6) is 1.27. The third kappa shape index (κ3) is 4.84. The molecule has 8 nitrogen and oxygen atoms in total. The maximum Gasteiger partial charge on any atom is 0.409 e. The molecule has 0 spiro atoms. The number of ether oxygens (including phenoxy) is 1. The van der Waals surface area contributed by atoms with E-state index >= 15 is 0 Å². The van der Waals surface area contributed by atoms with Crippen LogP contribution in [0.3, 0.4) is 0 Å². The fourth-order valence-corrected chi connectivity index (χ4v) is 3.16. The van der Waals surface area contributed by atoms with Crippen molar-refractivity contribution in [2.24, 2.45) is 0 Å². The van der Waals surface area contributed by atoms with Crippen LogP contribution in [0.1, 0.15) is 26.7 Å². The maximum atomic E-state index is 11.8. The summed E-state index contributed by atoms with van der Waals surface area (Å²) >= 11 is 0. The van der Waals surface area contributed by atoms with E-state index < -0.39 is 0 Å². The first-order valence-electron chi connectivity index (χ1n) is 9.41. The molecule has 27 heavy (non-hydrogen) atoms. The number of anilines is 3. The number of carbonyl (C=O) groups excluding carboxylic acids is 1. The second-order valence-corrected chi connectivity index (χ2v) is 6.33. The molecule has 0 unspecified atom stereocenters. The lowest BCUT2D eigenvalue weighted by Crippen LogP contribution is -2.42. The molecule has 0 bridgehead atoms. The Labute approximate surface area is 159 Å². The molecule has 1 aromatic heterocycles. The smallest absolute Gasteiger partial charge is 0.409 e. The minimum absolute atomic E-state index is 0.233. The first kappa shape index (κ1) is 18.9. The highest BCUT2D eigenvalue weighted by atomic mass is 16.6. The standard InChI is InChI=1S/C19H26N6O2/c1-3-25(16-8-6-5-7-9-16)18-22-17(14-20-23-18)21-15-10-12-24(13-11-15)19(26)27-4-2/h5-9,14-15H,3-4,10-13H2,1-2H3,(H,21,22,23). The second kappa shape index (κ2) is 9.16. The van der Waals surface area contributed by atoms with Crippen LogP contribution in [0.4, 0.5) is 22.2 Å². The summed E-state index contributed by atoms with van der Waals surface area (Å²) in [6, 6.07) is 10.3. The number of hydrogen-bond donors (Lipinski definition) is 1. The Bertz CT molecular complexity index is 734. The van der Waals surface area contributed by atoms with Gasteiger partial charge in [-0.15, -0.1) is 5.10 Å². The molecule has 0 saturated carbocycles. The van der Waals surface area contributed by atoms with Gasteiger partial charge in [-0.05, 0) is 38.8 Å². The molecular formula is C19H26N6O2. The van der Waals surface area contributed by atoms with Crippen LogP contribution in [-0.2, 0) is 4.74 Å². The second-order valence-electron chi connectivity index (χ2n) is 6.33. The Kier molecular flexibility index (Phi) is 6.40. The highest BCUT2D eigenvalue weighted by molar-refractivity contribution is 5.67. The van der Waals surface area contributed by atoms with Gasteiger partial charge in [-0.1, -0.05) is 18.2 Å². The molecule has 144 valence electrons. The van der Waals surface area contributed by atoms with E-state index in [0.717, 1.165) is 25.1 Å². The summed E-state index contributed by atoms with van der Waals surface area (Å²) in [7, 11) is 0. The fourth-order valence-electron chi connectivity index (χ4n) is 3.16. The summed E-state index contributed by atoms with van der Waals surface area (Å²) in [6.45, 7) is 6.37. The molecule has 2 aromatic rings. The predicted molar refractivity (Wildman–Crippen MR) is 104 cm³/mol. The number of carbonyl (C=O) groups is 1. The highest BCUT2D eigenvalue weighted by Crippen LogP contribution is 2.22. The monoisotopic (exact) mass is 370 g/mol. The third-order valence-electron chi connectivity index (χ3n) is 4.55. The molecule has 3 rings (SSSR count). The van der Waals surface area contributed by atoms with E-state index in [1.807, 2.05) is 42.2 Å². The molecule has 2 heterocycles. The first-order chi connectivity index (χ1) is 13.2. The zero-order chi connectivity index (χ0) is 19.1. The van der Waals surface area contributed by atoms with E-state index in [-0.39, 0.29) is 12.1 Å². The third-order valence-corrected chi connectivity index (χ3v) is 4.55. The number of likely N-dealkylation sites (tertiary alicyclic amines) is 1. The molecule has 1 saturated heterocycles. The zero-order valence-corrected chi connectivity index (χ0v) is 15.8. The number of benzene rings is 1. The number of para-hydroxylation sites is 1. The van der Waals surface area contributed by atoms with Gasteiger partial charge >= 0.3 is 6.09 Å². The average Bonchev–Trinajstić information content (AvgIpc) is 2.70. The quantitative estimate of drug-likeness (QED) is 0.836. The Morgan fingerprint density at radius 3 is 2.67 bits per heavy atom. The topological polar surface area (TPSA) is 83.5 Å². The van der Waals surface area contributed by atoms with Crippen molar-refractivity contribution in [1.82, 2.24) is 20.1 Å². The fraction of sp³-hybridized carbons (Fsp3) is 0.474. The normalized spacial score (nSPS) is 14.7. The van der Waals surface area contributed by atoms with Crippen LogP contribution in [0, 0.1) is 0 Å². The molecule has 1 fully saturated rings. The Hall–Kier alpha value is -2.90. The minimum atomic E-state index is -0.233. The molecule has 0 radical (unpaired) electrons. The summed E-state index contributed by atoms with van der Waals surface area (Å²) in [5.41, 5.74) is 1.03. The molecule has 1 N–H and O–H groups in total. The van der Waals surface area contributed by atoms with Gasteiger partial charge in [0.1, 0.15) is 0 Å². The van der Waals surface area contributed by atoms with Gasteiger partial charge in [-0.2, -0.15) is 10.1 Å². The van der Waals surface area contributed by atoms with Gasteiger partial charge in [0.25, 0.3) is 5.95 Å². The molecule has 1 aliphatic rings. The summed E-state index contributed by atoms with van der Waals surface area (Å²) in [6.07, 6.45) is 3.09.